The number of nitrogens with zero attached hydrogens (tertiary/aromatic N) is 1. The van der Waals surface area contributed by atoms with Crippen LogP contribution >= 0.6 is 11.8 Å². The van der Waals surface area contributed by atoms with Gasteiger partial charge in [0.25, 0.3) is 0 Å². The van der Waals surface area contributed by atoms with Crippen LogP contribution < -0.4 is 0 Å². The highest BCUT2D eigenvalue weighted by atomic mass is 32.2. The zero-order valence-corrected chi connectivity index (χ0v) is 9.38. The molecule has 0 bridgehead atoms. The molecule has 82 valence electrons. The van der Waals surface area contributed by atoms with Crippen molar-refractivity contribution in [3.8, 4) is 0 Å². The standard InChI is InChI=1S/C9H17NO3S/c1-7-5-14-4-3-10(7)6-9(2,13)8(11)12/h7,13H,3-6H2,1-2H3,(H,11,12). The molecule has 1 heterocycles. The van der Waals surface area contributed by atoms with Crippen LogP contribution in [0.15, 0.2) is 0 Å². The van der Waals surface area contributed by atoms with Gasteiger partial charge in [-0.15, -0.1) is 0 Å². The molecule has 0 saturated carbocycles. The van der Waals surface area contributed by atoms with Crippen molar-refractivity contribution >= 4 is 17.7 Å². The second-order valence-electron chi connectivity index (χ2n) is 3.97. The number of rotatable bonds is 3. The first-order valence-electron chi connectivity index (χ1n) is 4.71. The van der Waals surface area contributed by atoms with E-state index in [9.17, 15) is 9.90 Å². The molecule has 14 heavy (non-hydrogen) atoms. The molecular weight excluding hydrogens is 202 g/mol. The monoisotopic (exact) mass is 219 g/mol. The number of carboxylic acids is 1. The lowest BCUT2D eigenvalue weighted by Crippen LogP contribution is -2.52. The maximum absolute atomic E-state index is 10.7. The molecule has 5 heteroatoms. The normalized spacial score (nSPS) is 28.4. The summed E-state index contributed by atoms with van der Waals surface area (Å²) in [6, 6.07) is 0.347. The van der Waals surface area contributed by atoms with Crippen molar-refractivity contribution < 1.29 is 15.0 Å². The van der Waals surface area contributed by atoms with Crippen molar-refractivity contribution in [2.75, 3.05) is 24.6 Å². The smallest absolute Gasteiger partial charge is 0.336 e. The Bertz CT molecular complexity index is 220. The van der Waals surface area contributed by atoms with Crippen LogP contribution in [0, 0.1) is 0 Å². The van der Waals surface area contributed by atoms with Gasteiger partial charge in [0.15, 0.2) is 5.60 Å². The van der Waals surface area contributed by atoms with Crippen molar-refractivity contribution in [2.45, 2.75) is 25.5 Å². The van der Waals surface area contributed by atoms with Crippen LogP contribution in [-0.4, -0.2) is 57.3 Å². The summed E-state index contributed by atoms with van der Waals surface area (Å²) in [5, 5.41) is 18.4. The Morgan fingerprint density at radius 2 is 2.36 bits per heavy atom. The van der Waals surface area contributed by atoms with E-state index in [0.717, 1.165) is 18.1 Å². The second-order valence-corrected chi connectivity index (χ2v) is 5.12. The minimum absolute atomic E-state index is 0.212. The van der Waals surface area contributed by atoms with Crippen LogP contribution in [0.2, 0.25) is 0 Å². The summed E-state index contributed by atoms with van der Waals surface area (Å²) in [5.41, 5.74) is -1.63. The van der Waals surface area contributed by atoms with Gasteiger partial charge in [0.1, 0.15) is 0 Å². The highest BCUT2D eigenvalue weighted by Crippen LogP contribution is 2.18. The Morgan fingerprint density at radius 1 is 1.71 bits per heavy atom. The topological polar surface area (TPSA) is 60.8 Å². The number of β-amino-alcohol motifs (C(OH)–C–C–N with tert-alkyl or cyclic N) is 1. The summed E-state index contributed by atoms with van der Waals surface area (Å²) in [5.74, 6) is 0.873. The molecule has 1 aliphatic rings. The van der Waals surface area contributed by atoms with Gasteiger partial charge in [0.2, 0.25) is 0 Å². The fourth-order valence-corrected chi connectivity index (χ4v) is 2.54. The predicted octanol–water partition coefficient (Wildman–Crippen LogP) is 0.259. The zero-order valence-electron chi connectivity index (χ0n) is 8.56. The molecule has 0 spiro atoms. The molecule has 0 amide bonds. The Morgan fingerprint density at radius 3 is 2.86 bits per heavy atom. The molecule has 1 fully saturated rings. The van der Waals surface area contributed by atoms with Crippen molar-refractivity contribution in [1.82, 2.24) is 4.90 Å². The third-order valence-corrected chi connectivity index (χ3v) is 3.67. The predicted molar refractivity (Wildman–Crippen MR) is 56.6 cm³/mol. The average Bonchev–Trinajstić information content (AvgIpc) is 2.08. The van der Waals surface area contributed by atoms with Crippen LogP contribution in [0.3, 0.4) is 0 Å². The zero-order chi connectivity index (χ0) is 10.8. The number of aliphatic hydroxyl groups is 1. The molecule has 2 N–H and O–H groups in total. The SMILES string of the molecule is CC1CSCCN1CC(C)(O)C(=O)O. The van der Waals surface area contributed by atoms with E-state index in [4.69, 9.17) is 5.11 Å². The molecule has 0 aromatic rings. The van der Waals surface area contributed by atoms with Gasteiger partial charge in [-0.05, 0) is 13.8 Å². The van der Waals surface area contributed by atoms with E-state index in [2.05, 4.69) is 6.92 Å². The van der Waals surface area contributed by atoms with Crippen molar-refractivity contribution in [3.63, 3.8) is 0 Å². The summed E-state index contributed by atoms with van der Waals surface area (Å²) in [4.78, 5) is 12.8. The number of carboxylic acid groups (broad SMARTS) is 1. The number of aliphatic carboxylic acids is 1. The van der Waals surface area contributed by atoms with Crippen LogP contribution in [0.4, 0.5) is 0 Å². The van der Waals surface area contributed by atoms with Gasteiger partial charge in [-0.1, -0.05) is 0 Å². The maximum atomic E-state index is 10.7. The van der Waals surface area contributed by atoms with E-state index in [1.165, 1.54) is 6.92 Å². The van der Waals surface area contributed by atoms with Crippen LogP contribution in [0.1, 0.15) is 13.8 Å². The van der Waals surface area contributed by atoms with Gasteiger partial charge in [0, 0.05) is 30.6 Å². The number of hydrogen-bond acceptors (Lipinski definition) is 4. The van der Waals surface area contributed by atoms with Crippen molar-refractivity contribution in [3.05, 3.63) is 0 Å². The van der Waals surface area contributed by atoms with Crippen molar-refractivity contribution in [2.24, 2.45) is 0 Å². The quantitative estimate of drug-likeness (QED) is 0.713. The molecular formula is C9H17NO3S. The van der Waals surface area contributed by atoms with E-state index in [-0.39, 0.29) is 6.54 Å². The number of carbonyl (C=O) groups is 1. The van der Waals surface area contributed by atoms with Crippen molar-refractivity contribution in [1.29, 1.82) is 0 Å². The van der Waals surface area contributed by atoms with Crippen LogP contribution in [0.25, 0.3) is 0 Å². The van der Waals surface area contributed by atoms with E-state index in [1.807, 2.05) is 16.7 Å². The summed E-state index contributed by atoms with van der Waals surface area (Å²) in [7, 11) is 0. The molecule has 0 aromatic heterocycles. The molecule has 4 nitrogen and oxygen atoms in total. The van der Waals surface area contributed by atoms with Crippen LogP contribution in [0.5, 0.6) is 0 Å². The first-order valence-corrected chi connectivity index (χ1v) is 5.86. The van der Waals surface area contributed by atoms with Gasteiger partial charge in [-0.25, -0.2) is 4.79 Å². The second kappa shape index (κ2) is 4.51. The highest BCUT2D eigenvalue weighted by Gasteiger charge is 2.34. The Hall–Kier alpha value is -0.260. The van der Waals surface area contributed by atoms with E-state index >= 15 is 0 Å². The first kappa shape index (κ1) is 11.8. The fraction of sp³-hybridized carbons (Fsp3) is 0.889. The highest BCUT2D eigenvalue weighted by molar-refractivity contribution is 7.99. The van der Waals surface area contributed by atoms with Gasteiger partial charge < -0.3 is 10.2 Å². The molecule has 1 aliphatic heterocycles. The van der Waals surface area contributed by atoms with Gasteiger partial charge in [-0.2, -0.15) is 11.8 Å². The number of hydrogen-bond donors (Lipinski definition) is 2. The molecule has 1 saturated heterocycles. The van der Waals surface area contributed by atoms with Gasteiger partial charge >= 0.3 is 5.97 Å². The Kier molecular flexibility index (Phi) is 3.80. The number of thioether (sulfide) groups is 1. The fourth-order valence-electron chi connectivity index (χ4n) is 1.46. The van der Waals surface area contributed by atoms with E-state index < -0.39 is 11.6 Å². The van der Waals surface area contributed by atoms with E-state index in [1.54, 1.807) is 0 Å². The molecule has 2 atom stereocenters. The summed E-state index contributed by atoms with van der Waals surface area (Å²) in [6.45, 7) is 4.48. The third-order valence-electron chi connectivity index (χ3n) is 2.48. The Balaban J connectivity index is 2.53. The summed E-state index contributed by atoms with van der Waals surface area (Å²) < 4.78 is 0. The minimum atomic E-state index is -1.63. The lowest BCUT2D eigenvalue weighted by atomic mass is 10.1. The molecule has 0 radical (unpaired) electrons. The van der Waals surface area contributed by atoms with E-state index in [0.29, 0.717) is 6.04 Å². The average molecular weight is 219 g/mol. The largest absolute Gasteiger partial charge is 0.479 e. The summed E-state index contributed by atoms with van der Waals surface area (Å²) >= 11 is 1.87. The summed E-state index contributed by atoms with van der Waals surface area (Å²) in [6.07, 6.45) is 0. The lowest BCUT2D eigenvalue weighted by molar-refractivity contribution is -0.158. The molecule has 1 rings (SSSR count). The first-order chi connectivity index (χ1) is 6.43. The molecule has 2 unspecified atom stereocenters. The lowest BCUT2D eigenvalue weighted by Gasteiger charge is -2.36. The van der Waals surface area contributed by atoms with Crippen LogP contribution in [-0.2, 0) is 4.79 Å². The molecule has 0 aliphatic carbocycles. The third kappa shape index (κ3) is 2.87. The maximum Gasteiger partial charge on any atom is 0.336 e. The van der Waals surface area contributed by atoms with Gasteiger partial charge in [0.05, 0.1) is 0 Å². The van der Waals surface area contributed by atoms with Gasteiger partial charge in [-0.3, -0.25) is 4.90 Å². The Labute approximate surface area is 88.3 Å². The molecule has 0 aromatic carbocycles. The minimum Gasteiger partial charge on any atom is -0.479 e.